The number of nitrogens with zero attached hydrogens (tertiary/aromatic N) is 3. The van der Waals surface area contributed by atoms with Crippen LogP contribution in [-0.2, 0) is 21.2 Å². The maximum absolute atomic E-state index is 13.3. The van der Waals surface area contributed by atoms with Crippen LogP contribution in [-0.4, -0.2) is 30.0 Å². The van der Waals surface area contributed by atoms with Gasteiger partial charge in [0.1, 0.15) is 0 Å². The molecule has 34 heavy (non-hydrogen) atoms. The number of aryl methyl sites for hydroxylation is 1. The Bertz CT molecular complexity index is 1420. The summed E-state index contributed by atoms with van der Waals surface area (Å²) in [6.07, 6.45) is 1.90. The molecule has 176 valence electrons. The summed E-state index contributed by atoms with van der Waals surface area (Å²) in [5.74, 6) is -0.369. The number of aromatic nitrogens is 2. The van der Waals surface area contributed by atoms with Gasteiger partial charge in [-0.05, 0) is 67.4 Å². The van der Waals surface area contributed by atoms with Crippen molar-refractivity contribution in [3.63, 3.8) is 0 Å². The fourth-order valence-corrected chi connectivity index (χ4v) is 6.06. The lowest BCUT2D eigenvalue weighted by Gasteiger charge is -2.19. The predicted molar refractivity (Wildman–Crippen MR) is 138 cm³/mol. The van der Waals surface area contributed by atoms with Crippen molar-refractivity contribution in [1.29, 1.82) is 0 Å². The Kier molecular flexibility index (Phi) is 7.52. The molecule has 0 saturated heterocycles. The molecule has 0 fully saturated rings. The normalized spacial score (nSPS) is 11.6. The van der Waals surface area contributed by atoms with Crippen molar-refractivity contribution >= 4 is 65.6 Å². The molecule has 0 unspecified atom stereocenters. The van der Waals surface area contributed by atoms with Gasteiger partial charge in [-0.1, -0.05) is 40.6 Å². The third-order valence-corrected chi connectivity index (χ3v) is 8.81. The zero-order valence-electron chi connectivity index (χ0n) is 18.2. The van der Waals surface area contributed by atoms with E-state index in [-0.39, 0.29) is 35.9 Å². The molecule has 2 aromatic heterocycles. The fraction of sp³-hybridized carbons (Fsp3) is 0.208. The number of amides is 1. The second kappa shape index (κ2) is 10.4. The van der Waals surface area contributed by atoms with E-state index in [2.05, 4.69) is 9.97 Å². The van der Waals surface area contributed by atoms with E-state index in [9.17, 15) is 13.2 Å². The highest BCUT2D eigenvalue weighted by Crippen LogP contribution is 2.34. The predicted octanol–water partition coefficient (Wildman–Crippen LogP) is 6.09. The zero-order valence-corrected chi connectivity index (χ0v) is 21.4. The Morgan fingerprint density at radius 2 is 1.82 bits per heavy atom. The van der Waals surface area contributed by atoms with Gasteiger partial charge in [0.2, 0.25) is 5.91 Å². The van der Waals surface area contributed by atoms with Crippen LogP contribution < -0.4 is 4.90 Å². The number of sulfone groups is 1. The number of hydrogen-bond acceptors (Lipinski definition) is 6. The maximum Gasteiger partial charge on any atom is 0.229 e. The van der Waals surface area contributed by atoms with Crippen LogP contribution >= 0.6 is 34.5 Å². The summed E-state index contributed by atoms with van der Waals surface area (Å²) in [6.45, 7) is 2.12. The molecule has 0 bridgehead atoms. The first-order chi connectivity index (χ1) is 16.2. The molecule has 2 aromatic carbocycles. The minimum Gasteiger partial charge on any atom is -0.282 e. The van der Waals surface area contributed by atoms with E-state index in [4.69, 9.17) is 23.2 Å². The van der Waals surface area contributed by atoms with Gasteiger partial charge in [0, 0.05) is 22.7 Å². The first-order valence-corrected chi connectivity index (χ1v) is 13.7. The monoisotopic (exact) mass is 533 g/mol. The highest BCUT2D eigenvalue weighted by molar-refractivity contribution is 7.91. The van der Waals surface area contributed by atoms with Gasteiger partial charge in [-0.25, -0.2) is 13.4 Å². The lowest BCUT2D eigenvalue weighted by molar-refractivity contribution is -0.118. The summed E-state index contributed by atoms with van der Waals surface area (Å²) in [7, 11) is -3.52. The average Bonchev–Trinajstić information content (AvgIpc) is 3.25. The molecular formula is C24H21Cl2N3O3S2. The largest absolute Gasteiger partial charge is 0.282 e. The molecule has 1 amide bonds. The van der Waals surface area contributed by atoms with Crippen LogP contribution in [0.2, 0.25) is 10.0 Å². The van der Waals surface area contributed by atoms with Crippen LogP contribution in [0.15, 0.2) is 65.7 Å². The quantitative estimate of drug-likeness (QED) is 0.273. The van der Waals surface area contributed by atoms with Crippen molar-refractivity contribution in [1.82, 2.24) is 9.97 Å². The van der Waals surface area contributed by atoms with Crippen molar-refractivity contribution < 1.29 is 13.2 Å². The van der Waals surface area contributed by atoms with E-state index in [1.807, 2.05) is 31.2 Å². The second-order valence-corrected chi connectivity index (χ2v) is 11.7. The van der Waals surface area contributed by atoms with Crippen molar-refractivity contribution in [3.8, 4) is 0 Å². The summed E-state index contributed by atoms with van der Waals surface area (Å²) in [4.78, 5) is 24.0. The Labute approximate surface area is 212 Å². The standard InChI is InChI=1S/C24H21Cl2N3O3S2/c1-16-20(26)11-12-21-23(16)28-24(33-21)29(15-18-5-2-3-13-27-18)22(30)6-4-14-34(31,32)19-9-7-17(25)8-10-19/h2-3,5,7-13H,4,6,14-15H2,1H3. The van der Waals surface area contributed by atoms with Crippen LogP contribution in [0.3, 0.4) is 0 Å². The number of anilines is 1. The second-order valence-electron chi connectivity index (χ2n) is 7.69. The summed E-state index contributed by atoms with van der Waals surface area (Å²) in [5, 5.41) is 1.60. The van der Waals surface area contributed by atoms with Crippen molar-refractivity contribution in [3.05, 3.63) is 82.1 Å². The molecule has 0 radical (unpaired) electrons. The number of halogens is 2. The number of thiazole rings is 1. The van der Waals surface area contributed by atoms with E-state index >= 15 is 0 Å². The van der Waals surface area contributed by atoms with E-state index in [0.29, 0.717) is 20.9 Å². The van der Waals surface area contributed by atoms with Crippen molar-refractivity contribution in [2.24, 2.45) is 0 Å². The Morgan fingerprint density at radius 1 is 1.06 bits per heavy atom. The SMILES string of the molecule is Cc1c(Cl)ccc2sc(N(Cc3ccccn3)C(=O)CCCS(=O)(=O)c3ccc(Cl)cc3)nc12. The van der Waals surface area contributed by atoms with E-state index in [1.165, 1.54) is 35.6 Å². The minimum absolute atomic E-state index is 0.0509. The molecule has 10 heteroatoms. The molecule has 0 aliphatic rings. The number of rotatable bonds is 8. The highest BCUT2D eigenvalue weighted by atomic mass is 35.5. The van der Waals surface area contributed by atoms with Gasteiger partial charge < -0.3 is 0 Å². The molecular weight excluding hydrogens is 513 g/mol. The van der Waals surface area contributed by atoms with Gasteiger partial charge in [-0.3, -0.25) is 14.7 Å². The highest BCUT2D eigenvalue weighted by Gasteiger charge is 2.23. The third-order valence-electron chi connectivity index (χ3n) is 5.29. The molecule has 4 rings (SSSR count). The molecule has 0 aliphatic heterocycles. The first kappa shape index (κ1) is 24.6. The van der Waals surface area contributed by atoms with E-state index in [0.717, 1.165) is 15.8 Å². The van der Waals surface area contributed by atoms with Gasteiger partial charge in [-0.2, -0.15) is 0 Å². The number of fused-ring (bicyclic) bond motifs is 1. The number of carbonyl (C=O) groups is 1. The van der Waals surface area contributed by atoms with Gasteiger partial charge in [-0.15, -0.1) is 0 Å². The van der Waals surface area contributed by atoms with E-state index < -0.39 is 9.84 Å². The molecule has 0 atom stereocenters. The maximum atomic E-state index is 13.3. The van der Waals surface area contributed by atoms with Crippen LogP contribution in [0.4, 0.5) is 5.13 Å². The average molecular weight is 534 g/mol. The summed E-state index contributed by atoms with van der Waals surface area (Å²) in [6, 6.07) is 15.2. The van der Waals surface area contributed by atoms with Gasteiger partial charge in [0.05, 0.1) is 33.1 Å². The number of pyridine rings is 1. The lowest BCUT2D eigenvalue weighted by Crippen LogP contribution is -2.30. The number of benzene rings is 2. The van der Waals surface area contributed by atoms with Crippen LogP contribution in [0.25, 0.3) is 10.2 Å². The van der Waals surface area contributed by atoms with Gasteiger partial charge in [0.15, 0.2) is 15.0 Å². The Hall–Kier alpha value is -2.52. The smallest absolute Gasteiger partial charge is 0.229 e. The Morgan fingerprint density at radius 3 is 2.53 bits per heavy atom. The molecule has 0 aliphatic carbocycles. The van der Waals surface area contributed by atoms with Crippen LogP contribution in [0.1, 0.15) is 24.1 Å². The van der Waals surface area contributed by atoms with Gasteiger partial charge in [0.25, 0.3) is 0 Å². The molecule has 0 spiro atoms. The topological polar surface area (TPSA) is 80.2 Å². The van der Waals surface area contributed by atoms with Crippen LogP contribution in [0, 0.1) is 6.92 Å². The number of hydrogen-bond donors (Lipinski definition) is 0. The fourth-order valence-electron chi connectivity index (χ4n) is 3.43. The molecule has 0 N–H and O–H groups in total. The minimum atomic E-state index is -3.52. The molecule has 2 heterocycles. The Balaban J connectivity index is 1.55. The lowest BCUT2D eigenvalue weighted by atomic mass is 10.2. The molecule has 6 nitrogen and oxygen atoms in total. The zero-order chi connectivity index (χ0) is 24.3. The van der Waals surface area contributed by atoms with Crippen LogP contribution in [0.5, 0.6) is 0 Å². The molecule has 4 aromatic rings. The third kappa shape index (κ3) is 5.58. The summed E-state index contributed by atoms with van der Waals surface area (Å²) in [5.41, 5.74) is 2.30. The summed E-state index contributed by atoms with van der Waals surface area (Å²) < 4.78 is 26.2. The first-order valence-electron chi connectivity index (χ1n) is 10.5. The van der Waals surface area contributed by atoms with Crippen molar-refractivity contribution in [2.45, 2.75) is 31.2 Å². The summed E-state index contributed by atoms with van der Waals surface area (Å²) >= 11 is 13.5. The number of carbonyl (C=O) groups excluding carboxylic acids is 1. The van der Waals surface area contributed by atoms with Gasteiger partial charge >= 0.3 is 0 Å². The van der Waals surface area contributed by atoms with Crippen molar-refractivity contribution in [2.75, 3.05) is 10.7 Å². The molecule has 0 saturated carbocycles. The van der Waals surface area contributed by atoms with E-state index in [1.54, 1.807) is 17.2 Å².